The standard InChI is InChI=1S/C13H15N5O/c19-13(16-11-6-17-2-1-9(11)5-17)12-7-18-8-14-3-10(18)4-15-12/h3-4,7-9,11H,1-2,5-6H2,(H,16,19)/t9-,11?/m0/s1. The summed E-state index contributed by atoms with van der Waals surface area (Å²) in [6.45, 7) is 3.28. The van der Waals surface area contributed by atoms with Crippen LogP contribution < -0.4 is 5.32 Å². The number of fused-ring (bicyclic) bond motifs is 3. The fourth-order valence-electron chi connectivity index (χ4n) is 3.13. The molecule has 4 rings (SSSR count). The minimum Gasteiger partial charge on any atom is -0.346 e. The molecule has 1 amide bonds. The normalized spacial score (nSPS) is 28.9. The summed E-state index contributed by atoms with van der Waals surface area (Å²) in [4.78, 5) is 22.8. The van der Waals surface area contributed by atoms with Crippen molar-refractivity contribution in [1.82, 2.24) is 24.6 Å². The number of carbonyl (C=O) groups excluding carboxylic acids is 1. The Labute approximate surface area is 110 Å². The number of hydrogen-bond donors (Lipinski definition) is 1. The number of aromatic nitrogens is 3. The molecule has 0 radical (unpaired) electrons. The minimum atomic E-state index is -0.0886. The number of rotatable bonds is 2. The summed E-state index contributed by atoms with van der Waals surface area (Å²) in [5, 5.41) is 3.11. The zero-order valence-corrected chi connectivity index (χ0v) is 10.5. The summed E-state index contributed by atoms with van der Waals surface area (Å²) in [6.07, 6.45) is 7.99. The van der Waals surface area contributed by atoms with Crippen molar-refractivity contribution >= 4 is 11.4 Å². The molecule has 0 saturated carbocycles. The van der Waals surface area contributed by atoms with Crippen molar-refractivity contribution in [3.8, 4) is 0 Å². The molecule has 2 unspecified atom stereocenters. The molecule has 2 fully saturated rings. The number of nitrogens with zero attached hydrogens (tertiary/aromatic N) is 4. The molecule has 2 aromatic heterocycles. The van der Waals surface area contributed by atoms with Gasteiger partial charge in [0.15, 0.2) is 0 Å². The third-order valence-corrected chi connectivity index (χ3v) is 4.18. The number of nitrogens with one attached hydrogen (secondary N) is 1. The third kappa shape index (κ3) is 1.79. The molecule has 2 aliphatic rings. The fraction of sp³-hybridized carbons (Fsp3) is 0.462. The summed E-state index contributed by atoms with van der Waals surface area (Å²) < 4.78 is 1.81. The maximum Gasteiger partial charge on any atom is 0.271 e. The Morgan fingerprint density at radius 1 is 1.37 bits per heavy atom. The highest BCUT2D eigenvalue weighted by atomic mass is 16.2. The van der Waals surface area contributed by atoms with Gasteiger partial charge in [-0.15, -0.1) is 0 Å². The van der Waals surface area contributed by atoms with E-state index in [1.165, 1.54) is 13.0 Å². The first-order valence-corrected chi connectivity index (χ1v) is 6.60. The number of carbonyl (C=O) groups is 1. The highest BCUT2D eigenvalue weighted by Crippen LogP contribution is 2.27. The Hall–Kier alpha value is -1.95. The summed E-state index contributed by atoms with van der Waals surface area (Å²) in [5.74, 6) is 0.523. The van der Waals surface area contributed by atoms with Gasteiger partial charge in [0.1, 0.15) is 5.69 Å². The van der Waals surface area contributed by atoms with Crippen molar-refractivity contribution < 1.29 is 4.79 Å². The number of amides is 1. The average molecular weight is 257 g/mol. The summed E-state index contributed by atoms with van der Waals surface area (Å²) in [7, 11) is 0. The van der Waals surface area contributed by atoms with Gasteiger partial charge in [0.25, 0.3) is 5.91 Å². The molecule has 3 atom stereocenters. The molecule has 6 heteroatoms. The molecule has 2 bridgehead atoms. The van der Waals surface area contributed by atoms with Crippen molar-refractivity contribution in [3.63, 3.8) is 0 Å². The summed E-state index contributed by atoms with van der Waals surface area (Å²) >= 11 is 0. The van der Waals surface area contributed by atoms with Crippen LogP contribution in [0.5, 0.6) is 0 Å². The molecule has 0 aliphatic carbocycles. The molecule has 0 aromatic carbocycles. The Bertz CT molecular complexity index is 637. The first-order valence-electron chi connectivity index (χ1n) is 6.60. The van der Waals surface area contributed by atoms with Crippen LogP contribution in [0.3, 0.4) is 0 Å². The van der Waals surface area contributed by atoms with E-state index in [0.29, 0.717) is 11.6 Å². The molecule has 2 aromatic rings. The van der Waals surface area contributed by atoms with Gasteiger partial charge in [-0.2, -0.15) is 0 Å². The Balaban J connectivity index is 1.53. The smallest absolute Gasteiger partial charge is 0.271 e. The second-order valence-electron chi connectivity index (χ2n) is 5.39. The number of imidazole rings is 1. The molecular weight excluding hydrogens is 242 g/mol. The number of hydrogen-bond acceptors (Lipinski definition) is 4. The van der Waals surface area contributed by atoms with Crippen LogP contribution in [0, 0.1) is 5.92 Å². The van der Waals surface area contributed by atoms with Crippen LogP contribution in [0.25, 0.3) is 5.52 Å². The van der Waals surface area contributed by atoms with Gasteiger partial charge in [0.2, 0.25) is 0 Å². The van der Waals surface area contributed by atoms with Crippen LogP contribution in [-0.2, 0) is 0 Å². The predicted molar refractivity (Wildman–Crippen MR) is 68.8 cm³/mol. The van der Waals surface area contributed by atoms with Gasteiger partial charge in [-0.1, -0.05) is 0 Å². The fourth-order valence-corrected chi connectivity index (χ4v) is 3.13. The van der Waals surface area contributed by atoms with Crippen LogP contribution in [0.2, 0.25) is 0 Å². The predicted octanol–water partition coefficient (Wildman–Crippen LogP) is 0.163. The van der Waals surface area contributed by atoms with Crippen LogP contribution in [0.1, 0.15) is 16.9 Å². The van der Waals surface area contributed by atoms with Gasteiger partial charge in [-0.25, -0.2) is 9.97 Å². The average Bonchev–Trinajstić information content (AvgIpc) is 3.13. The molecule has 6 nitrogen and oxygen atoms in total. The summed E-state index contributed by atoms with van der Waals surface area (Å²) in [6, 6.07) is 0.279. The molecular formula is C13H15N5O. The lowest BCUT2D eigenvalue weighted by Gasteiger charge is -2.22. The van der Waals surface area contributed by atoms with Crippen molar-refractivity contribution in [3.05, 3.63) is 30.6 Å². The topological polar surface area (TPSA) is 62.5 Å². The maximum absolute atomic E-state index is 12.2. The second kappa shape index (κ2) is 4.03. The van der Waals surface area contributed by atoms with Gasteiger partial charge < -0.3 is 14.6 Å². The van der Waals surface area contributed by atoms with Crippen molar-refractivity contribution in [1.29, 1.82) is 0 Å². The lowest BCUT2D eigenvalue weighted by atomic mass is 10.00. The van der Waals surface area contributed by atoms with Crippen LogP contribution >= 0.6 is 0 Å². The van der Waals surface area contributed by atoms with Gasteiger partial charge in [-0.3, -0.25) is 4.79 Å². The van der Waals surface area contributed by atoms with Gasteiger partial charge >= 0.3 is 0 Å². The van der Waals surface area contributed by atoms with E-state index in [0.717, 1.165) is 18.6 Å². The first kappa shape index (κ1) is 10.9. The monoisotopic (exact) mass is 257 g/mol. The third-order valence-electron chi connectivity index (χ3n) is 4.18. The van der Waals surface area contributed by atoms with E-state index in [4.69, 9.17) is 0 Å². The Kier molecular flexibility index (Phi) is 2.32. The number of piperidine rings is 1. The SMILES string of the molecule is O=C(NC1CN2CC[C@H]1C2)c1cn2cncc2cn1. The quantitative estimate of drug-likeness (QED) is 0.832. The molecule has 2 saturated heterocycles. The lowest BCUT2D eigenvalue weighted by Crippen LogP contribution is -2.43. The van der Waals surface area contributed by atoms with E-state index in [9.17, 15) is 4.79 Å². The van der Waals surface area contributed by atoms with Crippen LogP contribution in [0.4, 0.5) is 0 Å². The maximum atomic E-state index is 12.2. The van der Waals surface area contributed by atoms with Crippen molar-refractivity contribution in [2.45, 2.75) is 12.5 Å². The van der Waals surface area contributed by atoms with E-state index in [-0.39, 0.29) is 11.9 Å². The van der Waals surface area contributed by atoms with Crippen molar-refractivity contribution in [2.75, 3.05) is 19.6 Å². The van der Waals surface area contributed by atoms with Gasteiger partial charge in [-0.05, 0) is 18.9 Å². The second-order valence-corrected chi connectivity index (χ2v) is 5.39. The molecule has 1 N–H and O–H groups in total. The summed E-state index contributed by atoms with van der Waals surface area (Å²) in [5.41, 5.74) is 1.34. The molecule has 19 heavy (non-hydrogen) atoms. The highest BCUT2D eigenvalue weighted by molar-refractivity contribution is 5.92. The molecule has 98 valence electrons. The zero-order valence-electron chi connectivity index (χ0n) is 10.5. The van der Waals surface area contributed by atoms with E-state index in [1.807, 2.05) is 4.40 Å². The Morgan fingerprint density at radius 3 is 3.11 bits per heavy atom. The van der Waals surface area contributed by atoms with E-state index in [2.05, 4.69) is 20.2 Å². The lowest BCUT2D eigenvalue weighted by molar-refractivity contribution is 0.0919. The van der Waals surface area contributed by atoms with E-state index >= 15 is 0 Å². The first-order chi connectivity index (χ1) is 9.29. The molecule has 4 heterocycles. The van der Waals surface area contributed by atoms with Gasteiger partial charge in [0.05, 0.1) is 24.2 Å². The largest absolute Gasteiger partial charge is 0.346 e. The Morgan fingerprint density at radius 2 is 2.32 bits per heavy atom. The molecule has 2 aliphatic heterocycles. The van der Waals surface area contributed by atoms with E-state index < -0.39 is 0 Å². The van der Waals surface area contributed by atoms with E-state index in [1.54, 1.807) is 24.9 Å². The van der Waals surface area contributed by atoms with Crippen LogP contribution in [0.15, 0.2) is 24.9 Å². The highest BCUT2D eigenvalue weighted by Gasteiger charge is 2.38. The van der Waals surface area contributed by atoms with Crippen LogP contribution in [-0.4, -0.2) is 50.9 Å². The minimum absolute atomic E-state index is 0.0886. The zero-order chi connectivity index (χ0) is 12.8. The van der Waals surface area contributed by atoms with Crippen molar-refractivity contribution in [2.24, 2.45) is 5.92 Å². The molecule has 0 spiro atoms. The van der Waals surface area contributed by atoms with Gasteiger partial charge in [0, 0.05) is 25.3 Å².